The van der Waals surface area contributed by atoms with E-state index in [2.05, 4.69) is 46.0 Å². The number of carbonyl (C=O) groups excluding carboxylic acids is 2. The van der Waals surface area contributed by atoms with Gasteiger partial charge in [0.05, 0.1) is 0 Å². The molecule has 6 heteroatoms. The maximum Gasteiger partial charge on any atom is 0.196 e. The summed E-state index contributed by atoms with van der Waals surface area (Å²) in [6.07, 6.45) is 0. The second kappa shape index (κ2) is 8.49. The first kappa shape index (κ1) is 22.0. The highest BCUT2D eigenvalue weighted by Crippen LogP contribution is 2.43. The van der Waals surface area contributed by atoms with Crippen LogP contribution < -0.4 is 0 Å². The molecule has 0 bridgehead atoms. The van der Waals surface area contributed by atoms with Gasteiger partial charge in [-0.3, -0.25) is 19.4 Å². The van der Waals surface area contributed by atoms with Crippen LogP contribution in [0.3, 0.4) is 0 Å². The molecule has 5 rings (SSSR count). The largest absolute Gasteiger partial charge is 0.297 e. The summed E-state index contributed by atoms with van der Waals surface area (Å²) in [5.41, 5.74) is 3.44. The second-order valence-corrected chi connectivity index (χ2v) is 9.31. The van der Waals surface area contributed by atoms with Gasteiger partial charge in [-0.1, -0.05) is 60.1 Å². The normalized spacial score (nSPS) is 18.5. The SMILES string of the molecule is Cc1cc(C2(N3CCN(Cc4ccccc4C)CC3)C(=O)c3ccccc3C2=O)cc(Cl)n1. The number of piperazine rings is 1. The third kappa shape index (κ3) is 3.61. The number of aromatic nitrogens is 1. The Labute approximate surface area is 199 Å². The number of aryl methyl sites for hydroxylation is 2. The molecule has 1 fully saturated rings. The first-order chi connectivity index (χ1) is 15.9. The Bertz CT molecular complexity index is 1190. The molecule has 0 unspecified atom stereocenters. The molecule has 2 aliphatic rings. The number of Topliss-reactive ketones (excluding diaryl/α,β-unsaturated/α-hetero) is 2. The van der Waals surface area contributed by atoms with Crippen LogP contribution in [0.2, 0.25) is 5.15 Å². The maximum absolute atomic E-state index is 13.9. The summed E-state index contributed by atoms with van der Waals surface area (Å²) in [7, 11) is 0. The lowest BCUT2D eigenvalue weighted by molar-refractivity contribution is 0.0279. The lowest BCUT2D eigenvalue weighted by atomic mass is 9.82. The minimum Gasteiger partial charge on any atom is -0.297 e. The topological polar surface area (TPSA) is 53.5 Å². The van der Waals surface area contributed by atoms with Crippen LogP contribution in [-0.2, 0) is 12.1 Å². The van der Waals surface area contributed by atoms with Crippen LogP contribution >= 0.6 is 11.6 Å². The van der Waals surface area contributed by atoms with Gasteiger partial charge in [0.2, 0.25) is 0 Å². The lowest BCUT2D eigenvalue weighted by Gasteiger charge is -2.44. The van der Waals surface area contributed by atoms with Crippen molar-refractivity contribution in [1.29, 1.82) is 0 Å². The number of pyridine rings is 1. The molecule has 0 spiro atoms. The maximum atomic E-state index is 13.9. The fourth-order valence-corrected chi connectivity index (χ4v) is 5.46. The highest BCUT2D eigenvalue weighted by Gasteiger charge is 2.58. The first-order valence-electron chi connectivity index (χ1n) is 11.3. The number of nitrogens with zero attached hydrogens (tertiary/aromatic N) is 3. The standard InChI is InChI=1S/C27H26ClN3O2/c1-18-7-3-4-8-20(18)17-30-11-13-31(14-12-30)27(21-15-19(2)29-24(28)16-21)25(32)22-9-5-6-10-23(22)26(27)33/h3-10,15-16H,11-14,17H2,1-2H3. The van der Waals surface area contributed by atoms with E-state index >= 15 is 0 Å². The van der Waals surface area contributed by atoms with Gasteiger partial charge in [-0.25, -0.2) is 4.98 Å². The van der Waals surface area contributed by atoms with Crippen molar-refractivity contribution in [1.82, 2.24) is 14.8 Å². The summed E-state index contributed by atoms with van der Waals surface area (Å²) < 4.78 is 0. The molecule has 5 nitrogen and oxygen atoms in total. The number of hydrogen-bond donors (Lipinski definition) is 0. The van der Waals surface area contributed by atoms with Gasteiger partial charge in [0.25, 0.3) is 0 Å². The number of carbonyl (C=O) groups is 2. The van der Waals surface area contributed by atoms with Gasteiger partial charge in [-0.2, -0.15) is 0 Å². The molecule has 3 aromatic rings. The number of halogens is 1. The average Bonchev–Trinajstić information content (AvgIpc) is 3.03. The van der Waals surface area contributed by atoms with Crippen LogP contribution in [0.4, 0.5) is 0 Å². The van der Waals surface area contributed by atoms with Crippen LogP contribution in [0.15, 0.2) is 60.7 Å². The molecule has 1 aliphatic carbocycles. The summed E-state index contributed by atoms with van der Waals surface area (Å²) in [5.74, 6) is -0.339. The average molecular weight is 460 g/mol. The van der Waals surface area contributed by atoms with Gasteiger partial charge in [0, 0.05) is 49.5 Å². The summed E-state index contributed by atoms with van der Waals surface area (Å²) in [6.45, 7) is 7.57. The minimum absolute atomic E-state index is 0.169. The van der Waals surface area contributed by atoms with Crippen LogP contribution in [0.25, 0.3) is 0 Å². The summed E-state index contributed by atoms with van der Waals surface area (Å²) in [4.78, 5) is 36.6. The monoisotopic (exact) mass is 459 g/mol. The Kier molecular flexibility index (Phi) is 5.65. The van der Waals surface area contributed by atoms with Crippen molar-refractivity contribution in [2.75, 3.05) is 26.2 Å². The molecule has 0 atom stereocenters. The quantitative estimate of drug-likeness (QED) is 0.426. The van der Waals surface area contributed by atoms with E-state index in [4.69, 9.17) is 11.6 Å². The Balaban J connectivity index is 1.50. The van der Waals surface area contributed by atoms with Crippen molar-refractivity contribution >= 4 is 23.2 Å². The van der Waals surface area contributed by atoms with Crippen molar-refractivity contribution < 1.29 is 9.59 Å². The van der Waals surface area contributed by atoms with Gasteiger partial charge < -0.3 is 0 Å². The molecule has 0 radical (unpaired) electrons. The fraction of sp³-hybridized carbons (Fsp3) is 0.296. The fourth-order valence-electron chi connectivity index (χ4n) is 5.21. The molecule has 168 valence electrons. The Morgan fingerprint density at radius 3 is 2.09 bits per heavy atom. The number of hydrogen-bond acceptors (Lipinski definition) is 5. The Hall–Kier alpha value is -2.86. The Morgan fingerprint density at radius 1 is 0.879 bits per heavy atom. The smallest absolute Gasteiger partial charge is 0.196 e. The van der Waals surface area contributed by atoms with Gasteiger partial charge in [0.15, 0.2) is 17.1 Å². The third-order valence-electron chi connectivity index (χ3n) is 6.92. The predicted molar refractivity (Wildman–Crippen MR) is 129 cm³/mol. The van der Waals surface area contributed by atoms with Crippen molar-refractivity contribution in [2.24, 2.45) is 0 Å². The van der Waals surface area contributed by atoms with Crippen LogP contribution in [0.5, 0.6) is 0 Å². The van der Waals surface area contributed by atoms with Gasteiger partial charge >= 0.3 is 0 Å². The van der Waals surface area contributed by atoms with E-state index in [9.17, 15) is 9.59 Å². The predicted octanol–water partition coefficient (Wildman–Crippen LogP) is 4.44. The van der Waals surface area contributed by atoms with E-state index in [1.54, 1.807) is 18.2 Å². The molecule has 1 aliphatic heterocycles. The number of rotatable bonds is 4. The molecule has 0 N–H and O–H groups in total. The van der Waals surface area contributed by atoms with Crippen LogP contribution in [0, 0.1) is 13.8 Å². The lowest BCUT2D eigenvalue weighted by Crippen LogP contribution is -2.60. The molecule has 0 amide bonds. The summed E-state index contributed by atoms with van der Waals surface area (Å²) >= 11 is 6.30. The Morgan fingerprint density at radius 2 is 1.48 bits per heavy atom. The molecule has 2 heterocycles. The first-order valence-corrected chi connectivity index (χ1v) is 11.6. The van der Waals surface area contributed by atoms with Crippen molar-refractivity contribution in [2.45, 2.75) is 25.9 Å². The molecule has 0 saturated carbocycles. The van der Waals surface area contributed by atoms with Crippen LogP contribution in [0.1, 0.15) is 43.1 Å². The number of ketones is 2. The zero-order chi connectivity index (χ0) is 23.2. The number of benzene rings is 2. The summed E-state index contributed by atoms with van der Waals surface area (Å²) in [5, 5.41) is 0.291. The zero-order valence-corrected chi connectivity index (χ0v) is 19.6. The van der Waals surface area contributed by atoms with E-state index in [1.807, 2.05) is 25.1 Å². The van der Waals surface area contributed by atoms with Crippen molar-refractivity contribution in [3.8, 4) is 0 Å². The van der Waals surface area contributed by atoms with Gasteiger partial charge in [-0.15, -0.1) is 0 Å². The second-order valence-electron chi connectivity index (χ2n) is 8.92. The van der Waals surface area contributed by atoms with E-state index in [-0.39, 0.29) is 11.6 Å². The zero-order valence-electron chi connectivity index (χ0n) is 18.8. The van der Waals surface area contributed by atoms with Gasteiger partial charge in [0.1, 0.15) is 5.15 Å². The van der Waals surface area contributed by atoms with E-state index in [1.165, 1.54) is 11.1 Å². The van der Waals surface area contributed by atoms with E-state index in [0.29, 0.717) is 40.6 Å². The van der Waals surface area contributed by atoms with Crippen molar-refractivity contribution in [3.05, 3.63) is 99.3 Å². The summed E-state index contributed by atoms with van der Waals surface area (Å²) in [6, 6.07) is 19.0. The van der Waals surface area contributed by atoms with Crippen LogP contribution in [-0.4, -0.2) is 52.5 Å². The molecular weight excluding hydrogens is 434 g/mol. The molecule has 1 saturated heterocycles. The van der Waals surface area contributed by atoms with Gasteiger partial charge in [-0.05, 0) is 42.7 Å². The highest BCUT2D eigenvalue weighted by atomic mass is 35.5. The number of fused-ring (bicyclic) bond motifs is 1. The van der Waals surface area contributed by atoms with Crippen molar-refractivity contribution in [3.63, 3.8) is 0 Å². The molecule has 33 heavy (non-hydrogen) atoms. The molecule has 2 aromatic carbocycles. The van der Waals surface area contributed by atoms with E-state index in [0.717, 1.165) is 19.6 Å². The van der Waals surface area contributed by atoms with E-state index < -0.39 is 5.54 Å². The minimum atomic E-state index is -1.39. The molecule has 1 aromatic heterocycles. The molecular formula is C27H26ClN3O2. The third-order valence-corrected chi connectivity index (χ3v) is 7.11. The highest BCUT2D eigenvalue weighted by molar-refractivity contribution is 6.33.